The maximum atomic E-state index is 3.51. The van der Waals surface area contributed by atoms with Crippen molar-refractivity contribution in [2.75, 3.05) is 5.32 Å². The van der Waals surface area contributed by atoms with E-state index in [0.717, 1.165) is 13.1 Å². The first-order valence-corrected chi connectivity index (χ1v) is 6.65. The average molecular weight is 242 g/mol. The first-order valence-electron chi connectivity index (χ1n) is 6.65. The van der Waals surface area contributed by atoms with Crippen molar-refractivity contribution in [1.29, 1.82) is 0 Å². The number of aromatic nitrogens is 1. The molecule has 0 spiro atoms. The van der Waals surface area contributed by atoms with Gasteiger partial charge in [-0.1, -0.05) is 19.1 Å². The topological polar surface area (TPSA) is 17.0 Å². The second-order valence-electron chi connectivity index (χ2n) is 4.86. The zero-order valence-corrected chi connectivity index (χ0v) is 11.5. The van der Waals surface area contributed by atoms with E-state index in [9.17, 15) is 0 Å². The molecule has 1 heterocycles. The highest BCUT2D eigenvalue weighted by atomic mass is 14.9. The third kappa shape index (κ3) is 2.95. The van der Waals surface area contributed by atoms with Crippen LogP contribution in [-0.2, 0) is 13.1 Å². The number of nitrogens with zero attached hydrogens (tertiary/aromatic N) is 1. The highest BCUT2D eigenvalue weighted by molar-refractivity contribution is 5.53. The lowest BCUT2D eigenvalue weighted by molar-refractivity contribution is 0.681. The van der Waals surface area contributed by atoms with Crippen LogP contribution >= 0.6 is 0 Å². The fourth-order valence-electron chi connectivity index (χ4n) is 2.13. The number of anilines is 1. The molecule has 0 atom stereocenters. The minimum atomic E-state index is 0.890. The molecule has 2 aromatic rings. The van der Waals surface area contributed by atoms with Crippen LogP contribution in [0.15, 0.2) is 36.7 Å². The molecule has 18 heavy (non-hydrogen) atoms. The molecule has 0 fully saturated rings. The van der Waals surface area contributed by atoms with Gasteiger partial charge in [-0.15, -0.1) is 0 Å². The van der Waals surface area contributed by atoms with E-state index in [4.69, 9.17) is 0 Å². The van der Waals surface area contributed by atoms with E-state index < -0.39 is 0 Å². The molecular weight excluding hydrogens is 220 g/mol. The number of nitrogens with one attached hydrogen (secondary N) is 1. The molecule has 2 nitrogen and oxygen atoms in total. The predicted molar refractivity (Wildman–Crippen MR) is 78.0 cm³/mol. The molecule has 0 aliphatic rings. The van der Waals surface area contributed by atoms with Crippen molar-refractivity contribution in [1.82, 2.24) is 4.57 Å². The van der Waals surface area contributed by atoms with Crippen LogP contribution in [0.2, 0.25) is 0 Å². The van der Waals surface area contributed by atoms with Crippen LogP contribution in [0.4, 0.5) is 5.69 Å². The Hall–Kier alpha value is -1.70. The maximum absolute atomic E-state index is 3.51. The lowest BCUT2D eigenvalue weighted by Crippen LogP contribution is -2.01. The molecule has 96 valence electrons. The van der Waals surface area contributed by atoms with E-state index in [2.05, 4.69) is 67.3 Å². The fourth-order valence-corrected chi connectivity index (χ4v) is 2.13. The Labute approximate surface area is 110 Å². The number of rotatable bonds is 5. The molecule has 0 saturated heterocycles. The Kier molecular flexibility index (Phi) is 4.08. The molecule has 0 bridgehead atoms. The van der Waals surface area contributed by atoms with Crippen molar-refractivity contribution in [3.8, 4) is 0 Å². The molecule has 0 aliphatic heterocycles. The van der Waals surface area contributed by atoms with E-state index >= 15 is 0 Å². The summed E-state index contributed by atoms with van der Waals surface area (Å²) in [5.41, 5.74) is 5.25. The van der Waals surface area contributed by atoms with E-state index in [1.807, 2.05) is 0 Å². The Morgan fingerprint density at radius 3 is 2.78 bits per heavy atom. The van der Waals surface area contributed by atoms with Crippen LogP contribution in [0.25, 0.3) is 0 Å². The molecule has 0 saturated carbocycles. The predicted octanol–water partition coefficient (Wildman–Crippen LogP) is 4.13. The van der Waals surface area contributed by atoms with Gasteiger partial charge in [0.1, 0.15) is 0 Å². The van der Waals surface area contributed by atoms with Gasteiger partial charge >= 0.3 is 0 Å². The second kappa shape index (κ2) is 5.76. The molecule has 1 aromatic carbocycles. The second-order valence-corrected chi connectivity index (χ2v) is 4.86. The van der Waals surface area contributed by atoms with Crippen LogP contribution in [0.1, 0.15) is 30.0 Å². The fraction of sp³-hybridized carbons (Fsp3) is 0.375. The standard InChI is InChI=1S/C16H22N2/c1-4-9-18-10-8-15(12-18)11-17-16-7-5-6-13(2)14(16)3/h5-8,10,12,17H,4,9,11H2,1-3H3. The Morgan fingerprint density at radius 2 is 2.00 bits per heavy atom. The van der Waals surface area contributed by atoms with Crippen molar-refractivity contribution in [3.05, 3.63) is 53.3 Å². The monoisotopic (exact) mass is 242 g/mol. The maximum Gasteiger partial charge on any atom is 0.0415 e. The van der Waals surface area contributed by atoms with Gasteiger partial charge in [0.2, 0.25) is 0 Å². The molecule has 2 rings (SSSR count). The zero-order valence-electron chi connectivity index (χ0n) is 11.5. The van der Waals surface area contributed by atoms with Gasteiger partial charge in [0.05, 0.1) is 0 Å². The smallest absolute Gasteiger partial charge is 0.0415 e. The number of hydrogen-bond donors (Lipinski definition) is 1. The summed E-state index contributed by atoms with van der Waals surface area (Å²) in [6.07, 6.45) is 5.56. The largest absolute Gasteiger partial charge is 0.381 e. The van der Waals surface area contributed by atoms with E-state index in [1.165, 1.54) is 28.8 Å². The molecule has 0 amide bonds. The van der Waals surface area contributed by atoms with E-state index in [0.29, 0.717) is 0 Å². The van der Waals surface area contributed by atoms with Gasteiger partial charge in [0, 0.05) is 31.2 Å². The van der Waals surface area contributed by atoms with Crippen LogP contribution in [0, 0.1) is 13.8 Å². The quantitative estimate of drug-likeness (QED) is 0.834. The summed E-state index contributed by atoms with van der Waals surface area (Å²) in [6, 6.07) is 8.59. The van der Waals surface area contributed by atoms with Gasteiger partial charge < -0.3 is 9.88 Å². The van der Waals surface area contributed by atoms with Gasteiger partial charge in [-0.2, -0.15) is 0 Å². The molecule has 2 heteroatoms. The van der Waals surface area contributed by atoms with E-state index in [1.54, 1.807) is 0 Å². The molecule has 0 radical (unpaired) electrons. The summed E-state index contributed by atoms with van der Waals surface area (Å²) in [5, 5.41) is 3.51. The molecule has 1 aromatic heterocycles. The minimum Gasteiger partial charge on any atom is -0.381 e. The lowest BCUT2D eigenvalue weighted by atomic mass is 10.1. The molecule has 1 N–H and O–H groups in total. The highest BCUT2D eigenvalue weighted by Gasteiger charge is 2.01. The van der Waals surface area contributed by atoms with Gasteiger partial charge in [-0.25, -0.2) is 0 Å². The molecule has 0 aliphatic carbocycles. The van der Waals surface area contributed by atoms with Crippen molar-refractivity contribution >= 4 is 5.69 Å². The summed E-state index contributed by atoms with van der Waals surface area (Å²) < 4.78 is 2.25. The third-order valence-electron chi connectivity index (χ3n) is 3.38. The van der Waals surface area contributed by atoms with Gasteiger partial charge in [0.25, 0.3) is 0 Å². The first-order chi connectivity index (χ1) is 8.70. The van der Waals surface area contributed by atoms with Gasteiger partial charge in [0.15, 0.2) is 0 Å². The number of hydrogen-bond acceptors (Lipinski definition) is 1. The molecule has 0 unspecified atom stereocenters. The van der Waals surface area contributed by atoms with Crippen LogP contribution in [0.3, 0.4) is 0 Å². The summed E-state index contributed by atoms with van der Waals surface area (Å²) >= 11 is 0. The zero-order chi connectivity index (χ0) is 13.0. The summed E-state index contributed by atoms with van der Waals surface area (Å²) in [5.74, 6) is 0. The number of benzene rings is 1. The van der Waals surface area contributed by atoms with Crippen molar-refractivity contribution < 1.29 is 0 Å². The summed E-state index contributed by atoms with van der Waals surface area (Å²) in [7, 11) is 0. The third-order valence-corrected chi connectivity index (χ3v) is 3.38. The van der Waals surface area contributed by atoms with Crippen molar-refractivity contribution in [2.45, 2.75) is 40.3 Å². The minimum absolute atomic E-state index is 0.890. The van der Waals surface area contributed by atoms with Crippen LogP contribution < -0.4 is 5.32 Å². The Bertz CT molecular complexity index is 512. The van der Waals surface area contributed by atoms with Crippen LogP contribution in [-0.4, -0.2) is 4.57 Å². The van der Waals surface area contributed by atoms with Gasteiger partial charge in [-0.05, 0) is 49.1 Å². The highest BCUT2D eigenvalue weighted by Crippen LogP contribution is 2.18. The summed E-state index contributed by atoms with van der Waals surface area (Å²) in [6.45, 7) is 8.51. The first kappa shape index (κ1) is 12.7. The average Bonchev–Trinajstić information content (AvgIpc) is 2.79. The van der Waals surface area contributed by atoms with E-state index in [-0.39, 0.29) is 0 Å². The number of aryl methyl sites for hydroxylation is 2. The van der Waals surface area contributed by atoms with Gasteiger partial charge in [-0.3, -0.25) is 0 Å². The molecular formula is C16H22N2. The Morgan fingerprint density at radius 1 is 1.17 bits per heavy atom. The Balaban J connectivity index is 2.00. The van der Waals surface area contributed by atoms with Crippen LogP contribution in [0.5, 0.6) is 0 Å². The SMILES string of the molecule is CCCn1ccc(CNc2cccc(C)c2C)c1. The normalized spacial score (nSPS) is 10.6. The van der Waals surface area contributed by atoms with Crippen molar-refractivity contribution in [3.63, 3.8) is 0 Å². The van der Waals surface area contributed by atoms with Crippen molar-refractivity contribution in [2.24, 2.45) is 0 Å². The lowest BCUT2D eigenvalue weighted by Gasteiger charge is -2.10. The summed E-state index contributed by atoms with van der Waals surface area (Å²) in [4.78, 5) is 0.